The lowest BCUT2D eigenvalue weighted by atomic mass is 9.95. The highest BCUT2D eigenvalue weighted by molar-refractivity contribution is 5.84. The Morgan fingerprint density at radius 3 is 2.76 bits per heavy atom. The van der Waals surface area contributed by atoms with E-state index in [0.29, 0.717) is 5.39 Å². The summed E-state index contributed by atoms with van der Waals surface area (Å²) in [6.45, 7) is 4.03. The molecular formula is C13H14FNO2. The first-order chi connectivity index (χ1) is 8.02. The van der Waals surface area contributed by atoms with Crippen LogP contribution in [0.1, 0.15) is 31.7 Å². The molecule has 1 atom stereocenters. The van der Waals surface area contributed by atoms with Gasteiger partial charge in [0, 0.05) is 17.5 Å². The van der Waals surface area contributed by atoms with Gasteiger partial charge in [0.1, 0.15) is 11.4 Å². The maximum Gasteiger partial charge on any atom is 0.336 e. The molecule has 2 rings (SSSR count). The molecule has 0 saturated heterocycles. The van der Waals surface area contributed by atoms with Crippen LogP contribution in [0.25, 0.3) is 11.0 Å². The van der Waals surface area contributed by atoms with E-state index in [1.165, 1.54) is 12.1 Å². The number of halogens is 1. The van der Waals surface area contributed by atoms with Crippen molar-refractivity contribution in [3.05, 3.63) is 40.0 Å². The van der Waals surface area contributed by atoms with Gasteiger partial charge in [0.05, 0.1) is 5.69 Å². The van der Waals surface area contributed by atoms with E-state index in [1.54, 1.807) is 0 Å². The van der Waals surface area contributed by atoms with Crippen LogP contribution >= 0.6 is 0 Å². The summed E-state index contributed by atoms with van der Waals surface area (Å²) < 4.78 is 18.3. The monoisotopic (exact) mass is 235 g/mol. The summed E-state index contributed by atoms with van der Waals surface area (Å²) in [5.74, 6) is -0.367. The molecule has 4 heteroatoms. The van der Waals surface area contributed by atoms with E-state index >= 15 is 0 Å². The highest BCUT2D eigenvalue weighted by atomic mass is 19.1. The van der Waals surface area contributed by atoms with Crippen LogP contribution < -0.4 is 11.4 Å². The van der Waals surface area contributed by atoms with Gasteiger partial charge in [-0.15, -0.1) is 0 Å². The van der Waals surface area contributed by atoms with Crippen molar-refractivity contribution in [2.24, 2.45) is 0 Å². The second-order valence-corrected chi connectivity index (χ2v) is 4.20. The SMILES string of the molecule is CCC(C)c1cc(=O)oc2cc(F)c(N)cc12. The summed E-state index contributed by atoms with van der Waals surface area (Å²) in [7, 11) is 0. The quantitative estimate of drug-likeness (QED) is 0.643. The molecule has 1 aromatic heterocycles. The van der Waals surface area contributed by atoms with E-state index in [2.05, 4.69) is 0 Å². The average Bonchev–Trinajstić information content (AvgIpc) is 2.29. The van der Waals surface area contributed by atoms with Crippen LogP contribution in [0.5, 0.6) is 0 Å². The van der Waals surface area contributed by atoms with E-state index in [9.17, 15) is 9.18 Å². The second-order valence-electron chi connectivity index (χ2n) is 4.20. The minimum absolute atomic E-state index is 0.0657. The van der Waals surface area contributed by atoms with Crippen molar-refractivity contribution in [2.75, 3.05) is 5.73 Å². The zero-order chi connectivity index (χ0) is 12.6. The maximum atomic E-state index is 13.3. The highest BCUT2D eigenvalue weighted by Crippen LogP contribution is 2.28. The van der Waals surface area contributed by atoms with Crippen molar-refractivity contribution in [3.8, 4) is 0 Å². The molecule has 2 aromatic rings. The normalized spacial score (nSPS) is 12.9. The van der Waals surface area contributed by atoms with Crippen molar-refractivity contribution >= 4 is 16.7 Å². The first-order valence-corrected chi connectivity index (χ1v) is 5.55. The van der Waals surface area contributed by atoms with Gasteiger partial charge in [-0.05, 0) is 24.0 Å². The molecule has 1 aromatic carbocycles. The number of hydrogen-bond acceptors (Lipinski definition) is 3. The molecule has 1 unspecified atom stereocenters. The van der Waals surface area contributed by atoms with E-state index < -0.39 is 11.4 Å². The smallest absolute Gasteiger partial charge is 0.336 e. The van der Waals surface area contributed by atoms with Crippen LogP contribution in [-0.2, 0) is 0 Å². The third kappa shape index (κ3) is 2.02. The number of anilines is 1. The fourth-order valence-electron chi connectivity index (χ4n) is 1.85. The van der Waals surface area contributed by atoms with Crippen LogP contribution in [0, 0.1) is 5.82 Å². The van der Waals surface area contributed by atoms with Gasteiger partial charge in [-0.1, -0.05) is 13.8 Å². The fraction of sp³-hybridized carbons (Fsp3) is 0.308. The molecule has 0 bridgehead atoms. The maximum absolute atomic E-state index is 13.3. The predicted octanol–water partition coefficient (Wildman–Crippen LogP) is 3.03. The lowest BCUT2D eigenvalue weighted by Crippen LogP contribution is -2.04. The molecule has 0 radical (unpaired) electrons. The minimum atomic E-state index is -0.568. The summed E-state index contributed by atoms with van der Waals surface area (Å²) in [5.41, 5.74) is 6.25. The number of hydrogen-bond donors (Lipinski definition) is 1. The summed E-state index contributed by atoms with van der Waals surface area (Å²) in [6, 6.07) is 4.14. The lowest BCUT2D eigenvalue weighted by molar-refractivity contribution is 0.550. The van der Waals surface area contributed by atoms with Crippen molar-refractivity contribution in [1.29, 1.82) is 0 Å². The van der Waals surface area contributed by atoms with E-state index in [-0.39, 0.29) is 17.2 Å². The molecule has 17 heavy (non-hydrogen) atoms. The van der Waals surface area contributed by atoms with Crippen molar-refractivity contribution in [3.63, 3.8) is 0 Å². The largest absolute Gasteiger partial charge is 0.423 e. The molecule has 0 amide bonds. The van der Waals surface area contributed by atoms with E-state index in [1.807, 2.05) is 13.8 Å². The summed E-state index contributed by atoms with van der Waals surface area (Å²) >= 11 is 0. The summed E-state index contributed by atoms with van der Waals surface area (Å²) in [5, 5.41) is 0.706. The number of rotatable bonds is 2. The zero-order valence-corrected chi connectivity index (χ0v) is 9.79. The topological polar surface area (TPSA) is 56.2 Å². The Morgan fingerprint density at radius 2 is 2.12 bits per heavy atom. The Balaban J connectivity index is 2.83. The van der Waals surface area contributed by atoms with Crippen LogP contribution in [0.3, 0.4) is 0 Å². The fourth-order valence-corrected chi connectivity index (χ4v) is 1.85. The Hall–Kier alpha value is -1.84. The number of nitrogens with two attached hydrogens (primary N) is 1. The van der Waals surface area contributed by atoms with Gasteiger partial charge in [0.15, 0.2) is 0 Å². The van der Waals surface area contributed by atoms with Crippen LogP contribution in [0.15, 0.2) is 27.4 Å². The van der Waals surface area contributed by atoms with Gasteiger partial charge in [-0.2, -0.15) is 0 Å². The standard InChI is InChI=1S/C13H14FNO2/c1-3-7(2)8-5-13(16)17-12-6-10(14)11(15)4-9(8)12/h4-7H,3,15H2,1-2H3. The second kappa shape index (κ2) is 4.20. The van der Waals surface area contributed by atoms with Crippen molar-refractivity contribution < 1.29 is 8.81 Å². The molecule has 0 spiro atoms. The Labute approximate surface area is 98.0 Å². The number of benzene rings is 1. The summed E-state index contributed by atoms with van der Waals surface area (Å²) in [4.78, 5) is 11.4. The molecule has 0 aliphatic heterocycles. The van der Waals surface area contributed by atoms with Gasteiger partial charge < -0.3 is 10.2 Å². The van der Waals surface area contributed by atoms with Crippen molar-refractivity contribution in [1.82, 2.24) is 0 Å². The van der Waals surface area contributed by atoms with Gasteiger partial charge in [-0.3, -0.25) is 0 Å². The third-order valence-corrected chi connectivity index (χ3v) is 3.04. The number of fused-ring (bicyclic) bond motifs is 1. The van der Waals surface area contributed by atoms with E-state index in [4.69, 9.17) is 10.2 Å². The molecule has 0 fully saturated rings. The Bertz CT molecular complexity index is 619. The molecule has 0 aliphatic rings. The molecule has 1 heterocycles. The minimum Gasteiger partial charge on any atom is -0.423 e. The Morgan fingerprint density at radius 1 is 1.41 bits per heavy atom. The van der Waals surface area contributed by atoms with Gasteiger partial charge in [0.2, 0.25) is 0 Å². The predicted molar refractivity (Wildman–Crippen MR) is 65.6 cm³/mol. The first-order valence-electron chi connectivity index (χ1n) is 5.55. The van der Waals surface area contributed by atoms with Crippen LogP contribution in [0.4, 0.5) is 10.1 Å². The summed E-state index contributed by atoms with van der Waals surface area (Å²) in [6.07, 6.45) is 0.885. The molecule has 2 N–H and O–H groups in total. The van der Waals surface area contributed by atoms with Gasteiger partial charge in [0.25, 0.3) is 0 Å². The first kappa shape index (κ1) is 11.6. The number of nitrogen functional groups attached to an aromatic ring is 1. The van der Waals surface area contributed by atoms with Crippen LogP contribution in [0.2, 0.25) is 0 Å². The van der Waals surface area contributed by atoms with E-state index in [0.717, 1.165) is 18.1 Å². The molecule has 3 nitrogen and oxygen atoms in total. The van der Waals surface area contributed by atoms with Crippen molar-refractivity contribution in [2.45, 2.75) is 26.2 Å². The van der Waals surface area contributed by atoms with Gasteiger partial charge in [-0.25, -0.2) is 9.18 Å². The van der Waals surface area contributed by atoms with Gasteiger partial charge >= 0.3 is 5.63 Å². The third-order valence-electron chi connectivity index (χ3n) is 3.04. The molecule has 0 saturated carbocycles. The molecule has 90 valence electrons. The average molecular weight is 235 g/mol. The molecule has 0 aliphatic carbocycles. The Kier molecular flexibility index (Phi) is 2.88. The molecular weight excluding hydrogens is 221 g/mol. The zero-order valence-electron chi connectivity index (χ0n) is 9.79. The van der Waals surface area contributed by atoms with Crippen LogP contribution in [-0.4, -0.2) is 0 Å². The lowest BCUT2D eigenvalue weighted by Gasteiger charge is -2.11. The highest BCUT2D eigenvalue weighted by Gasteiger charge is 2.13.